The molecule has 0 bridgehead atoms. The summed E-state index contributed by atoms with van der Waals surface area (Å²) < 4.78 is 4.98. The topological polar surface area (TPSA) is 38.3 Å². The summed E-state index contributed by atoms with van der Waals surface area (Å²) in [5.41, 5.74) is 0. The molecule has 0 spiro atoms. The number of carbonyl (C=O) groups is 1. The molecule has 1 N–H and O–H groups in total. The molecule has 0 saturated heterocycles. The number of ether oxygens (including phenoxy) is 1. The second kappa shape index (κ2) is 8.72. The normalized spacial score (nSPS) is 14.7. The molecule has 0 aliphatic heterocycles. The summed E-state index contributed by atoms with van der Waals surface area (Å²) in [7, 11) is 1.65. The first-order chi connectivity index (χ1) is 7.15. The fourth-order valence-corrected chi connectivity index (χ4v) is 1.62. The number of hydrogen-bond acceptors (Lipinski definition) is 2. The van der Waals surface area contributed by atoms with Crippen molar-refractivity contribution in [1.29, 1.82) is 0 Å². The Morgan fingerprint density at radius 3 is 2.53 bits per heavy atom. The van der Waals surface area contributed by atoms with Gasteiger partial charge in [0.25, 0.3) is 0 Å². The van der Waals surface area contributed by atoms with E-state index in [0.717, 1.165) is 25.7 Å². The van der Waals surface area contributed by atoms with E-state index in [0.29, 0.717) is 6.61 Å². The Morgan fingerprint density at radius 1 is 1.40 bits per heavy atom. The van der Waals surface area contributed by atoms with Crippen molar-refractivity contribution in [2.24, 2.45) is 5.92 Å². The Kier molecular flexibility index (Phi) is 8.38. The molecule has 0 heterocycles. The third kappa shape index (κ3) is 6.50. The van der Waals surface area contributed by atoms with E-state index >= 15 is 0 Å². The number of carbonyl (C=O) groups excluding carboxylic acids is 1. The molecule has 0 aliphatic carbocycles. The SMILES string of the molecule is CCCC[C@@H](CC)C(=O)N[C@@H](C)COC. The van der Waals surface area contributed by atoms with Gasteiger partial charge in [-0.2, -0.15) is 0 Å². The Balaban J connectivity index is 3.91. The summed E-state index contributed by atoms with van der Waals surface area (Å²) in [6, 6.07) is 0.109. The van der Waals surface area contributed by atoms with E-state index in [2.05, 4.69) is 19.2 Å². The first kappa shape index (κ1) is 14.4. The Labute approximate surface area is 93.6 Å². The average Bonchev–Trinajstić information content (AvgIpc) is 2.19. The van der Waals surface area contributed by atoms with Crippen molar-refractivity contribution >= 4 is 5.91 Å². The van der Waals surface area contributed by atoms with Crippen molar-refractivity contribution in [3.05, 3.63) is 0 Å². The molecule has 0 unspecified atom stereocenters. The summed E-state index contributed by atoms with van der Waals surface area (Å²) in [6.45, 7) is 6.77. The smallest absolute Gasteiger partial charge is 0.223 e. The predicted octanol–water partition coefficient (Wildman–Crippen LogP) is 2.35. The van der Waals surface area contributed by atoms with E-state index in [4.69, 9.17) is 4.74 Å². The lowest BCUT2D eigenvalue weighted by Gasteiger charge is -2.18. The van der Waals surface area contributed by atoms with Crippen molar-refractivity contribution in [3.8, 4) is 0 Å². The number of rotatable bonds is 8. The zero-order valence-electron chi connectivity index (χ0n) is 10.5. The Morgan fingerprint density at radius 2 is 2.07 bits per heavy atom. The lowest BCUT2D eigenvalue weighted by Crippen LogP contribution is -2.39. The van der Waals surface area contributed by atoms with Crippen LogP contribution in [-0.2, 0) is 9.53 Å². The third-order valence-corrected chi connectivity index (χ3v) is 2.58. The van der Waals surface area contributed by atoms with Gasteiger partial charge in [-0.15, -0.1) is 0 Å². The zero-order valence-corrected chi connectivity index (χ0v) is 10.5. The lowest BCUT2D eigenvalue weighted by atomic mass is 9.98. The van der Waals surface area contributed by atoms with E-state index < -0.39 is 0 Å². The van der Waals surface area contributed by atoms with Gasteiger partial charge in [0.2, 0.25) is 5.91 Å². The summed E-state index contributed by atoms with van der Waals surface area (Å²) in [6.07, 6.45) is 4.20. The number of methoxy groups -OCH3 is 1. The van der Waals surface area contributed by atoms with Gasteiger partial charge in [0.05, 0.1) is 6.61 Å². The van der Waals surface area contributed by atoms with Gasteiger partial charge >= 0.3 is 0 Å². The molecule has 3 nitrogen and oxygen atoms in total. The maximum Gasteiger partial charge on any atom is 0.223 e. The highest BCUT2D eigenvalue weighted by atomic mass is 16.5. The molecule has 90 valence electrons. The first-order valence-electron chi connectivity index (χ1n) is 5.94. The minimum atomic E-state index is 0.109. The van der Waals surface area contributed by atoms with Gasteiger partial charge in [0.1, 0.15) is 0 Å². The van der Waals surface area contributed by atoms with E-state index in [9.17, 15) is 4.79 Å². The zero-order chi connectivity index (χ0) is 11.7. The number of nitrogens with one attached hydrogen (secondary N) is 1. The lowest BCUT2D eigenvalue weighted by molar-refractivity contribution is -0.126. The minimum Gasteiger partial charge on any atom is -0.383 e. The van der Waals surface area contributed by atoms with Gasteiger partial charge in [-0.3, -0.25) is 4.79 Å². The van der Waals surface area contributed by atoms with Crippen LogP contribution in [0.25, 0.3) is 0 Å². The van der Waals surface area contributed by atoms with Crippen LogP contribution in [-0.4, -0.2) is 25.7 Å². The van der Waals surface area contributed by atoms with Gasteiger partial charge in [0, 0.05) is 19.1 Å². The molecule has 2 atom stereocenters. The Hall–Kier alpha value is -0.570. The van der Waals surface area contributed by atoms with Gasteiger partial charge in [-0.1, -0.05) is 26.7 Å². The van der Waals surface area contributed by atoms with Crippen LogP contribution in [0.4, 0.5) is 0 Å². The summed E-state index contributed by atoms with van der Waals surface area (Å²) >= 11 is 0. The van der Waals surface area contributed by atoms with Crippen LogP contribution in [0.2, 0.25) is 0 Å². The van der Waals surface area contributed by atoms with Gasteiger partial charge in [0.15, 0.2) is 0 Å². The third-order valence-electron chi connectivity index (χ3n) is 2.58. The fraction of sp³-hybridized carbons (Fsp3) is 0.917. The van der Waals surface area contributed by atoms with Crippen molar-refractivity contribution in [2.75, 3.05) is 13.7 Å². The molecule has 0 fully saturated rings. The minimum absolute atomic E-state index is 0.109. The average molecular weight is 215 g/mol. The summed E-state index contributed by atoms with van der Waals surface area (Å²) in [5.74, 6) is 0.347. The molecule has 0 rings (SSSR count). The van der Waals surface area contributed by atoms with Crippen molar-refractivity contribution in [3.63, 3.8) is 0 Å². The number of hydrogen-bond donors (Lipinski definition) is 1. The maximum absolute atomic E-state index is 11.8. The van der Waals surface area contributed by atoms with Crippen LogP contribution >= 0.6 is 0 Å². The maximum atomic E-state index is 11.8. The quantitative estimate of drug-likeness (QED) is 0.675. The molecule has 3 heteroatoms. The first-order valence-corrected chi connectivity index (χ1v) is 5.94. The van der Waals surface area contributed by atoms with Crippen LogP contribution in [0.15, 0.2) is 0 Å². The molecule has 0 aliphatic rings. The highest BCUT2D eigenvalue weighted by Gasteiger charge is 2.17. The van der Waals surface area contributed by atoms with Crippen LogP contribution in [0.5, 0.6) is 0 Å². The largest absolute Gasteiger partial charge is 0.383 e. The van der Waals surface area contributed by atoms with Crippen molar-refractivity contribution in [2.45, 2.75) is 52.5 Å². The standard InChI is InChI=1S/C12H25NO2/c1-5-7-8-11(6-2)12(14)13-10(3)9-15-4/h10-11H,5-9H2,1-4H3,(H,13,14)/t10-,11+/m0/s1. The highest BCUT2D eigenvalue weighted by molar-refractivity contribution is 5.78. The molecule has 1 amide bonds. The highest BCUT2D eigenvalue weighted by Crippen LogP contribution is 2.12. The van der Waals surface area contributed by atoms with Gasteiger partial charge in [-0.05, 0) is 19.8 Å². The van der Waals surface area contributed by atoms with Crippen LogP contribution in [0.3, 0.4) is 0 Å². The van der Waals surface area contributed by atoms with Gasteiger partial charge < -0.3 is 10.1 Å². The van der Waals surface area contributed by atoms with Crippen molar-refractivity contribution < 1.29 is 9.53 Å². The number of amides is 1. The van der Waals surface area contributed by atoms with Crippen LogP contribution < -0.4 is 5.32 Å². The predicted molar refractivity (Wildman–Crippen MR) is 62.8 cm³/mol. The molecule has 15 heavy (non-hydrogen) atoms. The second-order valence-corrected chi connectivity index (χ2v) is 4.11. The van der Waals surface area contributed by atoms with E-state index in [-0.39, 0.29) is 17.9 Å². The fourth-order valence-electron chi connectivity index (χ4n) is 1.62. The molecule has 0 aromatic heterocycles. The molecule has 0 saturated carbocycles. The second-order valence-electron chi connectivity index (χ2n) is 4.11. The Bertz CT molecular complexity index is 171. The van der Waals surface area contributed by atoms with Crippen molar-refractivity contribution in [1.82, 2.24) is 5.32 Å². The van der Waals surface area contributed by atoms with Gasteiger partial charge in [-0.25, -0.2) is 0 Å². The monoisotopic (exact) mass is 215 g/mol. The molecule has 0 aromatic rings. The number of unbranched alkanes of at least 4 members (excludes halogenated alkanes) is 1. The molecule has 0 radical (unpaired) electrons. The molecular weight excluding hydrogens is 190 g/mol. The molecular formula is C12H25NO2. The summed E-state index contributed by atoms with van der Waals surface area (Å²) in [5, 5.41) is 2.98. The van der Waals surface area contributed by atoms with Crippen LogP contribution in [0.1, 0.15) is 46.5 Å². The van der Waals surface area contributed by atoms with E-state index in [1.165, 1.54) is 0 Å². The molecule has 0 aromatic carbocycles. The summed E-state index contributed by atoms with van der Waals surface area (Å²) in [4.78, 5) is 11.8. The van der Waals surface area contributed by atoms with Crippen LogP contribution in [0, 0.1) is 5.92 Å². The van der Waals surface area contributed by atoms with E-state index in [1.807, 2.05) is 6.92 Å². The van der Waals surface area contributed by atoms with E-state index in [1.54, 1.807) is 7.11 Å².